The maximum atomic E-state index is 11.4. The molecule has 0 unspecified atom stereocenters. The molecule has 0 aliphatic heterocycles. The van der Waals surface area contributed by atoms with Crippen molar-refractivity contribution in [2.24, 2.45) is 0 Å². The van der Waals surface area contributed by atoms with Crippen LogP contribution in [0.25, 0.3) is 5.65 Å². The zero-order valence-electron chi connectivity index (χ0n) is 10.3. The minimum atomic E-state index is -0.652. The van der Waals surface area contributed by atoms with E-state index in [1.165, 1.54) is 0 Å². The molecule has 10 heteroatoms. The summed E-state index contributed by atoms with van der Waals surface area (Å²) in [6.45, 7) is 1.93. The fraction of sp³-hybridized carbons (Fsp3) is 0.200. The molecule has 0 saturated heterocycles. The van der Waals surface area contributed by atoms with Crippen LogP contribution in [-0.4, -0.2) is 42.4 Å². The van der Waals surface area contributed by atoms with Gasteiger partial charge in [-0.1, -0.05) is 5.10 Å². The molecule has 0 aromatic carbocycles. The molecule has 0 N–H and O–H groups in total. The Bertz CT molecular complexity index is 754. The number of nitrogens with zero attached hydrogens (tertiary/aromatic N) is 6. The molecule has 0 fully saturated rings. The average molecular weight is 292 g/mol. The summed E-state index contributed by atoms with van der Waals surface area (Å²) >= 11 is 1.10. The first-order chi connectivity index (χ1) is 9.78. The third-order valence-corrected chi connectivity index (χ3v) is 3.04. The third-order valence-electron chi connectivity index (χ3n) is 2.22. The quantitative estimate of drug-likeness (QED) is 0.646. The molecule has 9 nitrogen and oxygen atoms in total. The number of aromatic nitrogens is 6. The molecule has 0 bridgehead atoms. The van der Waals surface area contributed by atoms with Gasteiger partial charge < -0.3 is 9.15 Å². The van der Waals surface area contributed by atoms with Crippen LogP contribution in [0.4, 0.5) is 0 Å². The summed E-state index contributed by atoms with van der Waals surface area (Å²) in [4.78, 5) is 15.6. The van der Waals surface area contributed by atoms with Crippen LogP contribution < -0.4 is 0 Å². The van der Waals surface area contributed by atoms with Crippen molar-refractivity contribution in [3.05, 3.63) is 24.6 Å². The predicted molar refractivity (Wildman–Crippen MR) is 65.2 cm³/mol. The van der Waals surface area contributed by atoms with E-state index in [-0.39, 0.29) is 17.7 Å². The van der Waals surface area contributed by atoms with Crippen molar-refractivity contribution < 1.29 is 13.9 Å². The number of ether oxygens (including phenoxy) is 1. The summed E-state index contributed by atoms with van der Waals surface area (Å²) in [5.74, 6) is -0.844. The Balaban J connectivity index is 1.84. The van der Waals surface area contributed by atoms with Crippen molar-refractivity contribution >= 4 is 23.4 Å². The molecule has 0 spiro atoms. The molecule has 3 heterocycles. The van der Waals surface area contributed by atoms with Gasteiger partial charge in [0.05, 0.1) is 6.61 Å². The highest BCUT2D eigenvalue weighted by molar-refractivity contribution is 7.99. The number of carbonyl (C=O) groups excluding carboxylic acids is 1. The SMILES string of the molecule is CCOC(=O)c1nnc(Sc2nccn3cnnc23)o1. The summed E-state index contributed by atoms with van der Waals surface area (Å²) < 4.78 is 11.7. The predicted octanol–water partition coefficient (Wildman–Crippen LogP) is 0.835. The number of esters is 1. The third kappa shape index (κ3) is 2.32. The van der Waals surface area contributed by atoms with Crippen LogP contribution in [0.1, 0.15) is 17.6 Å². The van der Waals surface area contributed by atoms with Gasteiger partial charge in [0, 0.05) is 12.4 Å². The Morgan fingerprint density at radius 1 is 1.45 bits per heavy atom. The van der Waals surface area contributed by atoms with Gasteiger partial charge in [-0.25, -0.2) is 9.78 Å². The molecule has 0 amide bonds. The van der Waals surface area contributed by atoms with Gasteiger partial charge in [0.15, 0.2) is 10.7 Å². The summed E-state index contributed by atoms with van der Waals surface area (Å²) in [5.41, 5.74) is 0.563. The van der Waals surface area contributed by atoms with E-state index in [1.807, 2.05) is 0 Å². The normalized spacial score (nSPS) is 10.8. The summed E-state index contributed by atoms with van der Waals surface area (Å²) in [6, 6.07) is 0. The van der Waals surface area contributed by atoms with Crippen LogP contribution >= 0.6 is 11.8 Å². The van der Waals surface area contributed by atoms with Gasteiger partial charge in [0.25, 0.3) is 5.22 Å². The van der Waals surface area contributed by atoms with E-state index < -0.39 is 5.97 Å². The number of carbonyl (C=O) groups is 1. The lowest BCUT2D eigenvalue weighted by Gasteiger charge is -1.97. The van der Waals surface area contributed by atoms with Crippen LogP contribution in [0.5, 0.6) is 0 Å². The number of hydrogen-bond acceptors (Lipinski definition) is 9. The second kappa shape index (κ2) is 5.25. The zero-order chi connectivity index (χ0) is 13.9. The van der Waals surface area contributed by atoms with Gasteiger partial charge in [-0.15, -0.1) is 15.3 Å². The van der Waals surface area contributed by atoms with E-state index in [1.54, 1.807) is 30.0 Å². The minimum Gasteiger partial charge on any atom is -0.459 e. The van der Waals surface area contributed by atoms with Crippen LogP contribution in [0.2, 0.25) is 0 Å². The Kier molecular flexibility index (Phi) is 3.29. The van der Waals surface area contributed by atoms with E-state index in [0.29, 0.717) is 10.7 Å². The van der Waals surface area contributed by atoms with Crippen LogP contribution in [0.3, 0.4) is 0 Å². The minimum absolute atomic E-state index is 0.177. The van der Waals surface area contributed by atoms with E-state index in [2.05, 4.69) is 25.4 Å². The van der Waals surface area contributed by atoms with Gasteiger partial charge in [0.1, 0.15) is 6.33 Å². The zero-order valence-corrected chi connectivity index (χ0v) is 11.1. The molecule has 0 atom stereocenters. The molecule has 0 aliphatic rings. The molecule has 20 heavy (non-hydrogen) atoms. The van der Waals surface area contributed by atoms with Crippen molar-refractivity contribution in [3.63, 3.8) is 0 Å². The number of rotatable bonds is 4. The Hall–Kier alpha value is -2.49. The number of hydrogen-bond donors (Lipinski definition) is 0. The van der Waals surface area contributed by atoms with Gasteiger partial charge in [-0.3, -0.25) is 4.40 Å². The first kappa shape index (κ1) is 12.5. The second-order valence-corrected chi connectivity index (χ2v) is 4.43. The summed E-state index contributed by atoms with van der Waals surface area (Å²) in [6.07, 6.45) is 4.87. The molecule has 3 aromatic heterocycles. The van der Waals surface area contributed by atoms with Crippen molar-refractivity contribution in [2.75, 3.05) is 6.61 Å². The van der Waals surface area contributed by atoms with Crippen LogP contribution in [0, 0.1) is 0 Å². The summed E-state index contributed by atoms with van der Waals surface area (Å²) in [5, 5.41) is 15.8. The highest BCUT2D eigenvalue weighted by Crippen LogP contribution is 2.26. The molecular formula is C10H8N6O3S. The van der Waals surface area contributed by atoms with Crippen molar-refractivity contribution in [1.82, 2.24) is 29.8 Å². The molecule has 3 rings (SSSR count). The molecular weight excluding hydrogens is 284 g/mol. The molecule has 102 valence electrons. The Labute approximate surface area is 116 Å². The van der Waals surface area contributed by atoms with Gasteiger partial charge in [-0.05, 0) is 18.7 Å². The van der Waals surface area contributed by atoms with E-state index in [4.69, 9.17) is 9.15 Å². The molecule has 0 aliphatic carbocycles. The number of fused-ring (bicyclic) bond motifs is 1. The largest absolute Gasteiger partial charge is 0.459 e. The summed E-state index contributed by atoms with van der Waals surface area (Å²) in [7, 11) is 0. The molecule has 3 aromatic rings. The van der Waals surface area contributed by atoms with Crippen molar-refractivity contribution in [3.8, 4) is 0 Å². The Morgan fingerprint density at radius 3 is 3.20 bits per heavy atom. The van der Waals surface area contributed by atoms with Gasteiger partial charge in [0.2, 0.25) is 0 Å². The van der Waals surface area contributed by atoms with E-state index in [9.17, 15) is 4.79 Å². The van der Waals surface area contributed by atoms with E-state index >= 15 is 0 Å². The first-order valence-electron chi connectivity index (χ1n) is 5.60. The average Bonchev–Trinajstić information content (AvgIpc) is 3.08. The highest BCUT2D eigenvalue weighted by atomic mass is 32.2. The standard InChI is InChI=1S/C10H8N6O3S/c1-2-18-9(17)7-14-15-10(19-7)20-8-6-13-12-5-16(6)4-3-11-8/h3-5H,2H2,1H3. The van der Waals surface area contributed by atoms with Crippen LogP contribution in [-0.2, 0) is 4.74 Å². The van der Waals surface area contributed by atoms with Crippen molar-refractivity contribution in [2.45, 2.75) is 17.2 Å². The topological polar surface area (TPSA) is 108 Å². The maximum Gasteiger partial charge on any atom is 0.396 e. The fourth-order valence-electron chi connectivity index (χ4n) is 1.42. The monoisotopic (exact) mass is 292 g/mol. The van der Waals surface area contributed by atoms with Crippen LogP contribution in [0.15, 0.2) is 33.4 Å². The lowest BCUT2D eigenvalue weighted by molar-refractivity contribution is 0.0475. The van der Waals surface area contributed by atoms with E-state index in [0.717, 1.165) is 11.8 Å². The maximum absolute atomic E-state index is 11.4. The second-order valence-electron chi connectivity index (χ2n) is 3.49. The van der Waals surface area contributed by atoms with Crippen molar-refractivity contribution in [1.29, 1.82) is 0 Å². The first-order valence-corrected chi connectivity index (χ1v) is 6.42. The molecule has 0 radical (unpaired) electrons. The lowest BCUT2D eigenvalue weighted by Crippen LogP contribution is -2.04. The lowest BCUT2D eigenvalue weighted by atomic mass is 10.7. The fourth-order valence-corrected chi connectivity index (χ4v) is 2.14. The highest BCUT2D eigenvalue weighted by Gasteiger charge is 2.18. The smallest absolute Gasteiger partial charge is 0.396 e. The van der Waals surface area contributed by atoms with Gasteiger partial charge in [-0.2, -0.15) is 0 Å². The molecule has 0 saturated carbocycles. The van der Waals surface area contributed by atoms with Gasteiger partial charge >= 0.3 is 11.9 Å². The Morgan fingerprint density at radius 2 is 2.35 bits per heavy atom.